The van der Waals surface area contributed by atoms with Crippen LogP contribution < -0.4 is 30.2 Å². The van der Waals surface area contributed by atoms with Crippen molar-refractivity contribution in [2.45, 2.75) is 26.8 Å². The Hall–Kier alpha value is -3.42. The summed E-state index contributed by atoms with van der Waals surface area (Å²) in [5.41, 5.74) is 2.91. The number of aliphatic imine (C=N–C) groups is 1. The van der Waals surface area contributed by atoms with Gasteiger partial charge in [0.25, 0.3) is 0 Å². The Bertz CT molecular complexity index is 857. The number of carbonyl (C=O) groups excluding carboxylic acids is 1. The van der Waals surface area contributed by atoms with Gasteiger partial charge in [0.2, 0.25) is 11.7 Å². The van der Waals surface area contributed by atoms with Gasteiger partial charge in [-0.2, -0.15) is 0 Å². The second-order valence-electron chi connectivity index (χ2n) is 6.78. The van der Waals surface area contributed by atoms with Gasteiger partial charge in [-0.25, -0.2) is 4.99 Å². The van der Waals surface area contributed by atoms with Crippen LogP contribution >= 0.6 is 0 Å². The highest BCUT2D eigenvalue weighted by Gasteiger charge is 2.13. The fourth-order valence-corrected chi connectivity index (χ4v) is 3.02. The van der Waals surface area contributed by atoms with Crippen LogP contribution in [0.15, 0.2) is 41.4 Å². The van der Waals surface area contributed by atoms with Gasteiger partial charge in [0.05, 0.1) is 27.9 Å². The summed E-state index contributed by atoms with van der Waals surface area (Å²) < 4.78 is 16.2. The number of nitrogens with one attached hydrogen (secondary N) is 3. The molecule has 0 saturated carbocycles. The SMILES string of the molecule is CCNC(=NCc1cc(OC)c(OC)c(OC)c1)NCCc1ccc(NC(C)=O)cc1. The third kappa shape index (κ3) is 7.40. The maximum atomic E-state index is 11.1. The molecule has 0 bridgehead atoms. The molecule has 0 unspecified atom stereocenters. The predicted octanol–water partition coefficient (Wildman–Crippen LogP) is 2.97. The molecule has 2 aromatic rings. The highest BCUT2D eigenvalue weighted by molar-refractivity contribution is 5.88. The predicted molar refractivity (Wildman–Crippen MR) is 123 cm³/mol. The molecule has 0 fully saturated rings. The summed E-state index contributed by atoms with van der Waals surface area (Å²) in [7, 11) is 4.77. The molecule has 0 atom stereocenters. The summed E-state index contributed by atoms with van der Waals surface area (Å²) in [6.45, 7) is 5.46. The lowest BCUT2D eigenvalue weighted by Crippen LogP contribution is -2.38. The van der Waals surface area contributed by atoms with E-state index in [4.69, 9.17) is 14.2 Å². The number of amides is 1. The summed E-state index contributed by atoms with van der Waals surface area (Å²) in [6, 6.07) is 11.6. The fourth-order valence-electron chi connectivity index (χ4n) is 3.02. The first kappa shape index (κ1) is 23.9. The zero-order valence-corrected chi connectivity index (χ0v) is 18.9. The minimum atomic E-state index is -0.0759. The first-order chi connectivity index (χ1) is 15.0. The van der Waals surface area contributed by atoms with E-state index in [1.165, 1.54) is 12.5 Å². The van der Waals surface area contributed by atoms with Crippen LogP contribution in [0.25, 0.3) is 0 Å². The lowest BCUT2D eigenvalue weighted by molar-refractivity contribution is -0.114. The molecule has 3 N–H and O–H groups in total. The normalized spacial score (nSPS) is 10.9. The molecule has 0 heterocycles. The molecular weight excluding hydrogens is 396 g/mol. The molecule has 31 heavy (non-hydrogen) atoms. The van der Waals surface area contributed by atoms with Crippen LogP contribution in [0.5, 0.6) is 17.2 Å². The van der Waals surface area contributed by atoms with Crippen LogP contribution in [0.4, 0.5) is 5.69 Å². The van der Waals surface area contributed by atoms with Crippen LogP contribution in [0.2, 0.25) is 0 Å². The summed E-state index contributed by atoms with van der Waals surface area (Å²) in [5.74, 6) is 2.42. The largest absolute Gasteiger partial charge is 0.493 e. The Morgan fingerprint density at radius 1 is 0.935 bits per heavy atom. The smallest absolute Gasteiger partial charge is 0.221 e. The topological polar surface area (TPSA) is 93.2 Å². The second-order valence-corrected chi connectivity index (χ2v) is 6.78. The average Bonchev–Trinajstić information content (AvgIpc) is 2.77. The number of hydrogen-bond donors (Lipinski definition) is 3. The average molecular weight is 429 g/mol. The summed E-state index contributed by atoms with van der Waals surface area (Å²) in [6.07, 6.45) is 0.828. The first-order valence-electron chi connectivity index (χ1n) is 10.2. The molecule has 168 valence electrons. The summed E-state index contributed by atoms with van der Waals surface area (Å²) in [5, 5.41) is 9.37. The van der Waals surface area contributed by atoms with Gasteiger partial charge in [-0.15, -0.1) is 0 Å². The van der Waals surface area contributed by atoms with E-state index in [0.29, 0.717) is 23.8 Å². The Balaban J connectivity index is 1.99. The lowest BCUT2D eigenvalue weighted by Gasteiger charge is -2.14. The number of carbonyl (C=O) groups is 1. The number of nitrogens with zero attached hydrogens (tertiary/aromatic N) is 1. The molecule has 0 spiro atoms. The molecule has 0 aliphatic rings. The van der Waals surface area contributed by atoms with Crippen molar-refractivity contribution in [1.82, 2.24) is 10.6 Å². The standard InChI is InChI=1S/C23H32N4O4/c1-6-24-23(25-12-11-17-7-9-19(10-8-17)27-16(2)28)26-15-18-13-20(29-3)22(31-5)21(14-18)30-4/h7-10,13-14H,6,11-12,15H2,1-5H3,(H,27,28)(H2,24,25,26). The van der Waals surface area contributed by atoms with Crippen LogP contribution in [0.1, 0.15) is 25.0 Å². The monoisotopic (exact) mass is 428 g/mol. The number of anilines is 1. The van der Waals surface area contributed by atoms with E-state index in [2.05, 4.69) is 20.9 Å². The molecule has 8 heteroatoms. The minimum Gasteiger partial charge on any atom is -0.493 e. The molecule has 0 aliphatic carbocycles. The molecule has 0 radical (unpaired) electrons. The van der Waals surface area contributed by atoms with E-state index in [9.17, 15) is 4.79 Å². The molecule has 2 aromatic carbocycles. The fraction of sp³-hybridized carbons (Fsp3) is 0.391. The van der Waals surface area contributed by atoms with Crippen LogP contribution in [-0.2, 0) is 17.8 Å². The second kappa shape index (κ2) is 12.3. The van der Waals surface area contributed by atoms with E-state index >= 15 is 0 Å². The van der Waals surface area contributed by atoms with E-state index in [1.54, 1.807) is 21.3 Å². The van der Waals surface area contributed by atoms with E-state index in [1.807, 2.05) is 43.3 Å². The zero-order valence-electron chi connectivity index (χ0n) is 18.9. The molecule has 8 nitrogen and oxygen atoms in total. The molecule has 0 aromatic heterocycles. The van der Waals surface area contributed by atoms with E-state index in [-0.39, 0.29) is 5.91 Å². The molecule has 1 amide bonds. The molecule has 2 rings (SSSR count). The third-order valence-electron chi connectivity index (χ3n) is 4.47. The zero-order chi connectivity index (χ0) is 22.6. The first-order valence-corrected chi connectivity index (χ1v) is 10.2. The minimum absolute atomic E-state index is 0.0759. The molecule has 0 saturated heterocycles. The van der Waals surface area contributed by atoms with Crippen molar-refractivity contribution in [3.8, 4) is 17.2 Å². The highest BCUT2D eigenvalue weighted by Crippen LogP contribution is 2.38. The van der Waals surface area contributed by atoms with Crippen molar-refractivity contribution in [1.29, 1.82) is 0 Å². The maximum Gasteiger partial charge on any atom is 0.221 e. The van der Waals surface area contributed by atoms with Crippen molar-refractivity contribution < 1.29 is 19.0 Å². The van der Waals surface area contributed by atoms with Crippen molar-refractivity contribution in [2.24, 2.45) is 4.99 Å². The number of benzene rings is 2. The molecular formula is C23H32N4O4. The maximum absolute atomic E-state index is 11.1. The number of methoxy groups -OCH3 is 3. The quantitative estimate of drug-likeness (QED) is 0.398. The van der Waals surface area contributed by atoms with Crippen molar-refractivity contribution in [2.75, 3.05) is 39.7 Å². The van der Waals surface area contributed by atoms with Crippen LogP contribution in [-0.4, -0.2) is 46.3 Å². The molecule has 0 aliphatic heterocycles. The Morgan fingerprint density at radius 2 is 1.58 bits per heavy atom. The number of hydrogen-bond acceptors (Lipinski definition) is 5. The summed E-state index contributed by atoms with van der Waals surface area (Å²) in [4.78, 5) is 15.8. The van der Waals surface area contributed by atoms with E-state index < -0.39 is 0 Å². The van der Waals surface area contributed by atoms with Gasteiger partial charge < -0.3 is 30.2 Å². The van der Waals surface area contributed by atoms with Gasteiger partial charge >= 0.3 is 0 Å². The Labute approximate surface area is 184 Å². The number of rotatable bonds is 10. The van der Waals surface area contributed by atoms with Crippen molar-refractivity contribution in [3.05, 3.63) is 47.5 Å². The van der Waals surface area contributed by atoms with Crippen molar-refractivity contribution >= 4 is 17.6 Å². The summed E-state index contributed by atoms with van der Waals surface area (Å²) >= 11 is 0. The third-order valence-corrected chi connectivity index (χ3v) is 4.47. The van der Waals surface area contributed by atoms with Crippen LogP contribution in [0, 0.1) is 0 Å². The Kier molecular flexibility index (Phi) is 9.48. The number of ether oxygens (including phenoxy) is 3. The van der Waals surface area contributed by atoms with Gasteiger partial charge in [-0.1, -0.05) is 12.1 Å². The van der Waals surface area contributed by atoms with Gasteiger partial charge in [0, 0.05) is 25.7 Å². The van der Waals surface area contributed by atoms with Gasteiger partial charge in [0.15, 0.2) is 17.5 Å². The van der Waals surface area contributed by atoms with Gasteiger partial charge in [-0.3, -0.25) is 4.79 Å². The van der Waals surface area contributed by atoms with Crippen LogP contribution in [0.3, 0.4) is 0 Å². The van der Waals surface area contributed by atoms with Crippen molar-refractivity contribution in [3.63, 3.8) is 0 Å². The van der Waals surface area contributed by atoms with Gasteiger partial charge in [0.1, 0.15) is 0 Å². The van der Waals surface area contributed by atoms with E-state index in [0.717, 1.165) is 36.7 Å². The lowest BCUT2D eigenvalue weighted by atomic mass is 10.1. The Morgan fingerprint density at radius 3 is 2.10 bits per heavy atom. The number of guanidine groups is 1. The highest BCUT2D eigenvalue weighted by atomic mass is 16.5. The van der Waals surface area contributed by atoms with Gasteiger partial charge in [-0.05, 0) is 48.7 Å².